The van der Waals surface area contributed by atoms with Gasteiger partial charge in [-0.1, -0.05) is 12.1 Å². The second-order valence-corrected chi connectivity index (χ2v) is 6.37. The summed E-state index contributed by atoms with van der Waals surface area (Å²) in [4.78, 5) is 70.0. The summed E-state index contributed by atoms with van der Waals surface area (Å²) < 4.78 is 5.26. The summed E-state index contributed by atoms with van der Waals surface area (Å²) in [5.74, 6) is -2.23. The number of amides is 2. The maximum atomic E-state index is 12.2. The molecule has 0 unspecified atom stereocenters. The molecular formula is C19H19N3O7. The quantitative estimate of drug-likeness (QED) is 0.372. The maximum absolute atomic E-state index is 12.2. The molecule has 1 aromatic heterocycles. The molecule has 2 aromatic rings. The van der Waals surface area contributed by atoms with Gasteiger partial charge in [0.1, 0.15) is 0 Å². The third kappa shape index (κ3) is 5.11. The first-order valence-corrected chi connectivity index (χ1v) is 9.12. The molecule has 0 spiro atoms. The van der Waals surface area contributed by atoms with Gasteiger partial charge in [-0.2, -0.15) is 0 Å². The fourth-order valence-electron chi connectivity index (χ4n) is 2.73. The lowest BCUT2D eigenvalue weighted by Crippen LogP contribution is -2.32. The van der Waals surface area contributed by atoms with E-state index in [-0.39, 0.29) is 44.6 Å². The fourth-order valence-corrected chi connectivity index (χ4v) is 2.73. The molecule has 1 saturated heterocycles. The summed E-state index contributed by atoms with van der Waals surface area (Å²) in [7, 11) is 0. The number of rotatable bonds is 9. The van der Waals surface area contributed by atoms with Crippen LogP contribution in [0.4, 0.5) is 0 Å². The van der Waals surface area contributed by atoms with Crippen LogP contribution in [0.5, 0.6) is 0 Å². The zero-order valence-corrected chi connectivity index (χ0v) is 15.5. The van der Waals surface area contributed by atoms with Crippen molar-refractivity contribution in [1.82, 2.24) is 15.0 Å². The predicted octanol–water partition coefficient (Wildman–Crippen LogP) is 0.900. The first-order valence-electron chi connectivity index (χ1n) is 9.12. The number of fused-ring (bicyclic) bond motifs is 1. The SMILES string of the molecule is O=C(CCOCCCC(=O)c1nc2ccccc2[nH]c1=O)ON1C(=O)CCC1=O. The van der Waals surface area contributed by atoms with Crippen molar-refractivity contribution in [2.24, 2.45) is 0 Å². The summed E-state index contributed by atoms with van der Waals surface area (Å²) in [5.41, 5.74) is 0.400. The third-order valence-corrected chi connectivity index (χ3v) is 4.21. The van der Waals surface area contributed by atoms with Crippen molar-refractivity contribution in [3.8, 4) is 0 Å². The van der Waals surface area contributed by atoms with Gasteiger partial charge in [0.25, 0.3) is 17.4 Å². The number of hydroxylamine groups is 2. The molecule has 29 heavy (non-hydrogen) atoms. The molecule has 3 rings (SSSR count). The number of aromatic nitrogens is 2. The normalized spacial score (nSPS) is 13.9. The number of benzene rings is 1. The number of nitrogens with one attached hydrogen (secondary N) is 1. The van der Waals surface area contributed by atoms with E-state index >= 15 is 0 Å². The molecule has 0 aliphatic carbocycles. The Morgan fingerprint density at radius 3 is 2.52 bits per heavy atom. The third-order valence-electron chi connectivity index (χ3n) is 4.21. The Morgan fingerprint density at radius 2 is 1.76 bits per heavy atom. The highest BCUT2D eigenvalue weighted by Crippen LogP contribution is 2.12. The van der Waals surface area contributed by atoms with Gasteiger partial charge in [0, 0.05) is 25.9 Å². The first kappa shape index (κ1) is 20.3. The molecule has 2 amide bonds. The van der Waals surface area contributed by atoms with Gasteiger partial charge in [0.05, 0.1) is 24.1 Å². The molecule has 0 atom stereocenters. The zero-order valence-electron chi connectivity index (χ0n) is 15.5. The van der Waals surface area contributed by atoms with Crippen LogP contribution >= 0.6 is 0 Å². The smallest absolute Gasteiger partial charge is 0.335 e. The van der Waals surface area contributed by atoms with Crippen LogP contribution in [0.25, 0.3) is 11.0 Å². The highest BCUT2D eigenvalue weighted by atomic mass is 16.7. The van der Waals surface area contributed by atoms with E-state index in [1.165, 1.54) is 0 Å². The van der Waals surface area contributed by atoms with E-state index in [2.05, 4.69) is 9.97 Å². The van der Waals surface area contributed by atoms with Crippen LogP contribution in [0, 0.1) is 0 Å². The summed E-state index contributed by atoms with van der Waals surface area (Å²) in [5, 5.41) is 0.481. The number of aromatic amines is 1. The number of Topliss-reactive ketones (excluding diaryl/α,β-unsaturated/α-hetero) is 1. The Bertz CT molecular complexity index is 998. The van der Waals surface area contributed by atoms with Gasteiger partial charge < -0.3 is 14.6 Å². The van der Waals surface area contributed by atoms with E-state index in [1.54, 1.807) is 24.3 Å². The standard InChI is InChI=1S/C19H19N3O7/c23-14(18-19(27)21-13-5-2-1-4-12(13)20-18)6-3-10-28-11-9-17(26)29-22-15(24)7-8-16(22)25/h1-2,4-5H,3,6-11H2,(H,21,27). The summed E-state index contributed by atoms with van der Waals surface area (Å²) in [6.45, 7) is 0.199. The first-order chi connectivity index (χ1) is 14.0. The highest BCUT2D eigenvalue weighted by Gasteiger charge is 2.32. The second-order valence-electron chi connectivity index (χ2n) is 6.37. The highest BCUT2D eigenvalue weighted by molar-refractivity contribution is 6.01. The minimum absolute atomic E-state index is 0.0120. The number of ketones is 1. The number of H-pyrrole nitrogens is 1. The van der Waals surface area contributed by atoms with E-state index in [9.17, 15) is 24.0 Å². The van der Waals surface area contributed by atoms with E-state index in [0.29, 0.717) is 22.5 Å². The molecule has 1 N–H and O–H groups in total. The molecule has 2 heterocycles. The summed E-state index contributed by atoms with van der Waals surface area (Å²) >= 11 is 0. The van der Waals surface area contributed by atoms with Crippen molar-refractivity contribution in [3.05, 3.63) is 40.3 Å². The van der Waals surface area contributed by atoms with E-state index in [4.69, 9.17) is 9.57 Å². The maximum Gasteiger partial charge on any atom is 0.335 e. The Morgan fingerprint density at radius 1 is 1.03 bits per heavy atom. The number of carbonyl (C=O) groups is 4. The van der Waals surface area contributed by atoms with Gasteiger partial charge in [-0.05, 0) is 18.6 Å². The second kappa shape index (κ2) is 9.20. The molecule has 1 aliphatic rings. The van der Waals surface area contributed by atoms with E-state index in [0.717, 1.165) is 0 Å². The Kier molecular flexibility index (Phi) is 6.45. The average molecular weight is 401 g/mol. The lowest BCUT2D eigenvalue weighted by atomic mass is 10.1. The molecule has 152 valence electrons. The van der Waals surface area contributed by atoms with Gasteiger partial charge in [-0.25, -0.2) is 9.78 Å². The van der Waals surface area contributed by atoms with Crippen LogP contribution in [0.3, 0.4) is 0 Å². The number of hydrogen-bond acceptors (Lipinski definition) is 8. The molecule has 0 saturated carbocycles. The van der Waals surface area contributed by atoms with E-state index < -0.39 is 29.1 Å². The van der Waals surface area contributed by atoms with Crippen LogP contribution < -0.4 is 5.56 Å². The molecule has 1 aliphatic heterocycles. The summed E-state index contributed by atoms with van der Waals surface area (Å²) in [6.07, 6.45) is 0.328. The zero-order chi connectivity index (χ0) is 20.8. The largest absolute Gasteiger partial charge is 0.381 e. The summed E-state index contributed by atoms with van der Waals surface area (Å²) in [6, 6.07) is 6.92. The van der Waals surface area contributed by atoms with Gasteiger partial charge >= 0.3 is 5.97 Å². The number of nitrogens with zero attached hydrogens (tertiary/aromatic N) is 2. The lowest BCUT2D eigenvalue weighted by molar-refractivity contribution is -0.198. The molecule has 0 bridgehead atoms. The topological polar surface area (TPSA) is 136 Å². The van der Waals surface area contributed by atoms with Crippen LogP contribution in [0.1, 0.15) is 42.6 Å². The van der Waals surface area contributed by atoms with Crippen molar-refractivity contribution in [1.29, 1.82) is 0 Å². The average Bonchev–Trinajstić information content (AvgIpc) is 3.01. The number of para-hydroxylation sites is 2. The molecule has 1 aromatic carbocycles. The fraction of sp³-hybridized carbons (Fsp3) is 0.368. The van der Waals surface area contributed by atoms with Gasteiger partial charge in [-0.3, -0.25) is 19.2 Å². The van der Waals surface area contributed by atoms with E-state index in [1.807, 2.05) is 0 Å². The van der Waals surface area contributed by atoms with Gasteiger partial charge in [0.2, 0.25) is 0 Å². The van der Waals surface area contributed by atoms with Crippen molar-refractivity contribution >= 4 is 34.6 Å². The van der Waals surface area contributed by atoms with Crippen molar-refractivity contribution in [3.63, 3.8) is 0 Å². The number of ether oxygens (including phenoxy) is 1. The molecule has 1 fully saturated rings. The predicted molar refractivity (Wildman–Crippen MR) is 98.5 cm³/mol. The number of carbonyl (C=O) groups excluding carboxylic acids is 4. The van der Waals surface area contributed by atoms with Gasteiger partial charge in [0.15, 0.2) is 11.5 Å². The van der Waals surface area contributed by atoms with Crippen LogP contribution in [0.2, 0.25) is 0 Å². The number of imide groups is 1. The monoisotopic (exact) mass is 401 g/mol. The van der Waals surface area contributed by atoms with Crippen LogP contribution in [-0.4, -0.2) is 51.8 Å². The molecule has 0 radical (unpaired) electrons. The van der Waals surface area contributed by atoms with Gasteiger partial charge in [-0.15, -0.1) is 5.06 Å². The number of hydrogen-bond donors (Lipinski definition) is 1. The Hall–Kier alpha value is -3.40. The van der Waals surface area contributed by atoms with Crippen molar-refractivity contribution in [2.45, 2.75) is 32.1 Å². The van der Waals surface area contributed by atoms with Crippen molar-refractivity contribution in [2.75, 3.05) is 13.2 Å². The minimum Gasteiger partial charge on any atom is -0.381 e. The molecular weight excluding hydrogens is 382 g/mol. The molecule has 10 heteroatoms. The molecule has 10 nitrogen and oxygen atoms in total. The Balaban J connectivity index is 1.37. The minimum atomic E-state index is -0.753. The van der Waals surface area contributed by atoms with Crippen LogP contribution in [0.15, 0.2) is 29.1 Å². The van der Waals surface area contributed by atoms with Crippen molar-refractivity contribution < 1.29 is 28.8 Å². The Labute approximate surface area is 164 Å². The lowest BCUT2D eigenvalue weighted by Gasteiger charge is -2.12. The van der Waals surface area contributed by atoms with Crippen LogP contribution in [-0.2, 0) is 24.0 Å².